The Hall–Kier alpha value is -2.63. The largest absolute Gasteiger partial charge is 0.366 e. The molecule has 0 unspecified atom stereocenters. The first-order chi connectivity index (χ1) is 11.3. The Morgan fingerprint density at radius 1 is 1.13 bits per heavy atom. The highest BCUT2D eigenvalue weighted by Crippen LogP contribution is 2.22. The van der Waals surface area contributed by atoms with E-state index in [1.807, 2.05) is 18.2 Å². The smallest absolute Gasteiger partial charge is 0.146 e. The summed E-state index contributed by atoms with van der Waals surface area (Å²) in [7, 11) is 0. The Labute approximate surface area is 135 Å². The summed E-state index contributed by atoms with van der Waals surface area (Å²) in [6.45, 7) is 7.47. The van der Waals surface area contributed by atoms with Crippen molar-refractivity contribution in [2.24, 2.45) is 0 Å². The first-order valence-electron chi connectivity index (χ1n) is 7.69. The quantitative estimate of drug-likeness (QED) is 0.860. The SMILES string of the molecule is C=CCNc1cc(N2CCN(c3ccccc3F)CC2)ncn1. The molecule has 2 aromatic rings. The number of benzene rings is 1. The number of nitrogens with one attached hydrogen (secondary N) is 1. The number of anilines is 3. The van der Waals surface area contributed by atoms with Gasteiger partial charge >= 0.3 is 0 Å². The van der Waals surface area contributed by atoms with E-state index in [9.17, 15) is 4.39 Å². The van der Waals surface area contributed by atoms with Crippen LogP contribution in [0.3, 0.4) is 0 Å². The number of hydrogen-bond acceptors (Lipinski definition) is 5. The highest BCUT2D eigenvalue weighted by Gasteiger charge is 2.20. The summed E-state index contributed by atoms with van der Waals surface area (Å²) in [6.07, 6.45) is 3.35. The van der Waals surface area contributed by atoms with Crippen molar-refractivity contribution in [3.05, 3.63) is 55.1 Å². The molecule has 1 aromatic heterocycles. The fourth-order valence-electron chi connectivity index (χ4n) is 2.68. The Balaban J connectivity index is 1.65. The van der Waals surface area contributed by atoms with E-state index in [2.05, 4.69) is 31.7 Å². The molecule has 1 N–H and O–H groups in total. The van der Waals surface area contributed by atoms with Crippen LogP contribution in [0.15, 0.2) is 49.3 Å². The van der Waals surface area contributed by atoms with E-state index in [4.69, 9.17) is 0 Å². The molecule has 0 radical (unpaired) electrons. The fourth-order valence-corrected chi connectivity index (χ4v) is 2.68. The van der Waals surface area contributed by atoms with Gasteiger partial charge in [-0.2, -0.15) is 0 Å². The van der Waals surface area contributed by atoms with Crippen LogP contribution in [0.25, 0.3) is 0 Å². The van der Waals surface area contributed by atoms with Gasteiger partial charge in [-0.25, -0.2) is 14.4 Å². The van der Waals surface area contributed by atoms with Crippen molar-refractivity contribution >= 4 is 17.3 Å². The predicted molar refractivity (Wildman–Crippen MR) is 91.5 cm³/mol. The number of halogens is 1. The van der Waals surface area contributed by atoms with E-state index in [-0.39, 0.29) is 5.82 Å². The summed E-state index contributed by atoms with van der Waals surface area (Å²) >= 11 is 0. The molecule has 6 heteroatoms. The predicted octanol–water partition coefficient (Wildman–Crippen LogP) is 2.54. The van der Waals surface area contributed by atoms with Crippen LogP contribution < -0.4 is 15.1 Å². The maximum Gasteiger partial charge on any atom is 0.146 e. The van der Waals surface area contributed by atoms with Crippen LogP contribution in [0.2, 0.25) is 0 Å². The van der Waals surface area contributed by atoms with E-state index in [1.165, 1.54) is 6.07 Å². The minimum atomic E-state index is -0.168. The second kappa shape index (κ2) is 7.09. The lowest BCUT2D eigenvalue weighted by atomic mass is 10.2. The lowest BCUT2D eigenvalue weighted by Gasteiger charge is -2.36. The molecule has 1 aliphatic rings. The second-order valence-electron chi connectivity index (χ2n) is 5.36. The van der Waals surface area contributed by atoms with Gasteiger partial charge in [0.15, 0.2) is 0 Å². The molecular formula is C17H20FN5. The number of para-hydroxylation sites is 1. The Bertz CT molecular complexity index is 668. The zero-order valence-electron chi connectivity index (χ0n) is 13.0. The molecule has 1 aromatic carbocycles. The summed E-state index contributed by atoms with van der Waals surface area (Å²) in [5, 5.41) is 3.16. The zero-order chi connectivity index (χ0) is 16.1. The van der Waals surface area contributed by atoms with Gasteiger partial charge in [0.25, 0.3) is 0 Å². The molecule has 2 heterocycles. The summed E-state index contributed by atoms with van der Waals surface area (Å²) in [6, 6.07) is 8.85. The number of aromatic nitrogens is 2. The van der Waals surface area contributed by atoms with Crippen molar-refractivity contribution in [3.8, 4) is 0 Å². The molecule has 0 aliphatic carbocycles. The third kappa shape index (κ3) is 3.59. The normalized spacial score (nSPS) is 14.7. The average Bonchev–Trinajstić information content (AvgIpc) is 2.61. The van der Waals surface area contributed by atoms with Gasteiger partial charge in [0.2, 0.25) is 0 Å². The summed E-state index contributed by atoms with van der Waals surface area (Å²) < 4.78 is 13.9. The van der Waals surface area contributed by atoms with Crippen molar-refractivity contribution < 1.29 is 4.39 Å². The minimum absolute atomic E-state index is 0.168. The van der Waals surface area contributed by atoms with Crippen LogP contribution in [-0.2, 0) is 0 Å². The molecule has 0 amide bonds. The first-order valence-corrected chi connectivity index (χ1v) is 7.69. The summed E-state index contributed by atoms with van der Waals surface area (Å²) in [5.74, 6) is 1.50. The molecule has 0 saturated carbocycles. The molecule has 3 rings (SSSR count). The van der Waals surface area contributed by atoms with Gasteiger partial charge in [-0.3, -0.25) is 0 Å². The van der Waals surface area contributed by atoms with Crippen molar-refractivity contribution in [1.29, 1.82) is 0 Å². The van der Waals surface area contributed by atoms with E-state index < -0.39 is 0 Å². The van der Waals surface area contributed by atoms with Crippen LogP contribution in [0.5, 0.6) is 0 Å². The minimum Gasteiger partial charge on any atom is -0.366 e. The molecule has 1 saturated heterocycles. The average molecular weight is 313 g/mol. The molecule has 0 atom stereocenters. The molecule has 1 fully saturated rings. The molecule has 1 aliphatic heterocycles. The summed E-state index contributed by atoms with van der Waals surface area (Å²) in [4.78, 5) is 12.8. The van der Waals surface area contributed by atoms with E-state index >= 15 is 0 Å². The Kier molecular flexibility index (Phi) is 4.71. The number of rotatable bonds is 5. The van der Waals surface area contributed by atoms with Crippen molar-refractivity contribution in [2.45, 2.75) is 0 Å². The summed E-state index contributed by atoms with van der Waals surface area (Å²) in [5.41, 5.74) is 0.670. The Morgan fingerprint density at radius 2 is 1.87 bits per heavy atom. The highest BCUT2D eigenvalue weighted by atomic mass is 19.1. The van der Waals surface area contributed by atoms with Crippen molar-refractivity contribution in [2.75, 3.05) is 47.8 Å². The molecule has 120 valence electrons. The van der Waals surface area contributed by atoms with Gasteiger partial charge in [-0.05, 0) is 12.1 Å². The Morgan fingerprint density at radius 3 is 2.61 bits per heavy atom. The zero-order valence-corrected chi connectivity index (χ0v) is 13.0. The van der Waals surface area contributed by atoms with Gasteiger partial charge < -0.3 is 15.1 Å². The van der Waals surface area contributed by atoms with E-state index in [0.29, 0.717) is 12.2 Å². The van der Waals surface area contributed by atoms with Gasteiger partial charge in [0.05, 0.1) is 5.69 Å². The van der Waals surface area contributed by atoms with E-state index in [1.54, 1.807) is 18.5 Å². The molecular weight excluding hydrogens is 293 g/mol. The molecule has 5 nitrogen and oxygen atoms in total. The van der Waals surface area contributed by atoms with Gasteiger partial charge in [-0.15, -0.1) is 6.58 Å². The lowest BCUT2D eigenvalue weighted by Crippen LogP contribution is -2.47. The topological polar surface area (TPSA) is 44.3 Å². The second-order valence-corrected chi connectivity index (χ2v) is 5.36. The van der Waals surface area contributed by atoms with Crippen LogP contribution in [0, 0.1) is 5.82 Å². The first kappa shape index (κ1) is 15.3. The number of piperazine rings is 1. The van der Waals surface area contributed by atoms with Crippen LogP contribution >= 0.6 is 0 Å². The third-order valence-electron chi connectivity index (χ3n) is 3.88. The standard InChI is InChI=1S/C17H20FN5/c1-2-7-19-16-12-17(21-13-20-16)23-10-8-22(9-11-23)15-6-4-3-5-14(15)18/h2-6,12-13H,1,7-11H2,(H,19,20,21). The lowest BCUT2D eigenvalue weighted by molar-refractivity contribution is 0.596. The van der Waals surface area contributed by atoms with Gasteiger partial charge in [0, 0.05) is 38.8 Å². The maximum absolute atomic E-state index is 13.9. The molecule has 0 bridgehead atoms. The van der Waals surface area contributed by atoms with E-state index in [0.717, 1.165) is 37.8 Å². The third-order valence-corrected chi connectivity index (χ3v) is 3.88. The van der Waals surface area contributed by atoms with Gasteiger partial charge in [0.1, 0.15) is 23.8 Å². The maximum atomic E-state index is 13.9. The van der Waals surface area contributed by atoms with Crippen molar-refractivity contribution in [3.63, 3.8) is 0 Å². The van der Waals surface area contributed by atoms with Crippen molar-refractivity contribution in [1.82, 2.24) is 9.97 Å². The highest BCUT2D eigenvalue weighted by molar-refractivity contribution is 5.52. The van der Waals surface area contributed by atoms with Crippen LogP contribution in [0.4, 0.5) is 21.7 Å². The van der Waals surface area contributed by atoms with Gasteiger partial charge in [-0.1, -0.05) is 18.2 Å². The molecule has 0 spiro atoms. The number of nitrogens with zero attached hydrogens (tertiary/aromatic N) is 4. The monoisotopic (exact) mass is 313 g/mol. The van der Waals surface area contributed by atoms with Crippen LogP contribution in [0.1, 0.15) is 0 Å². The number of hydrogen-bond donors (Lipinski definition) is 1. The van der Waals surface area contributed by atoms with Crippen LogP contribution in [-0.4, -0.2) is 42.7 Å². The molecule has 23 heavy (non-hydrogen) atoms. The fraction of sp³-hybridized carbons (Fsp3) is 0.294.